The summed E-state index contributed by atoms with van der Waals surface area (Å²) in [6.07, 6.45) is 1.02. The Labute approximate surface area is 172 Å². The van der Waals surface area contributed by atoms with Crippen molar-refractivity contribution in [1.29, 1.82) is 0 Å². The fraction of sp³-hybridized carbons (Fsp3) is 0.789. The zero-order chi connectivity index (χ0) is 22.5. The van der Waals surface area contributed by atoms with Gasteiger partial charge in [0.25, 0.3) is 0 Å². The van der Waals surface area contributed by atoms with E-state index in [2.05, 4.69) is 21.3 Å². The zero-order valence-electron chi connectivity index (χ0n) is 18.4. The van der Waals surface area contributed by atoms with Crippen molar-refractivity contribution in [3.8, 4) is 0 Å². The van der Waals surface area contributed by atoms with Crippen LogP contribution in [-0.2, 0) is 19.1 Å². The molecule has 0 saturated heterocycles. The third-order valence-electron chi connectivity index (χ3n) is 3.08. The maximum atomic E-state index is 11.6. The lowest BCUT2D eigenvalue weighted by atomic mass is 10.2. The SMILES string of the molecule is CC(C)(C)OC(=O)NCC(=O)NCCCCCNC(=O)CNC(=O)OC(C)(C)C. The van der Waals surface area contributed by atoms with Gasteiger partial charge in [-0.3, -0.25) is 9.59 Å². The largest absolute Gasteiger partial charge is 0.444 e. The molecule has 168 valence electrons. The summed E-state index contributed by atoms with van der Waals surface area (Å²) >= 11 is 0. The van der Waals surface area contributed by atoms with Gasteiger partial charge in [-0.2, -0.15) is 0 Å². The number of alkyl carbamates (subject to hydrolysis) is 2. The number of unbranched alkanes of at least 4 members (excludes halogenated alkanes) is 2. The van der Waals surface area contributed by atoms with Gasteiger partial charge in [-0.15, -0.1) is 0 Å². The van der Waals surface area contributed by atoms with E-state index in [0.29, 0.717) is 13.1 Å². The molecule has 0 saturated carbocycles. The molecule has 10 nitrogen and oxygen atoms in total. The average molecular weight is 417 g/mol. The summed E-state index contributed by atoms with van der Waals surface area (Å²) < 4.78 is 10.1. The molecule has 0 aliphatic rings. The highest BCUT2D eigenvalue weighted by Crippen LogP contribution is 2.06. The molecular weight excluding hydrogens is 380 g/mol. The van der Waals surface area contributed by atoms with Crippen molar-refractivity contribution >= 4 is 24.0 Å². The van der Waals surface area contributed by atoms with Crippen molar-refractivity contribution in [3.63, 3.8) is 0 Å². The lowest BCUT2D eigenvalue weighted by Gasteiger charge is -2.19. The number of hydrogen-bond donors (Lipinski definition) is 4. The normalized spacial score (nSPS) is 11.2. The minimum Gasteiger partial charge on any atom is -0.444 e. The van der Waals surface area contributed by atoms with Gasteiger partial charge in [-0.25, -0.2) is 9.59 Å². The number of carbonyl (C=O) groups excluding carboxylic acids is 4. The summed E-state index contributed by atoms with van der Waals surface area (Å²) in [6, 6.07) is 0. The Morgan fingerprint density at radius 1 is 0.586 bits per heavy atom. The lowest BCUT2D eigenvalue weighted by Crippen LogP contribution is -2.40. The Balaban J connectivity index is 3.63. The van der Waals surface area contributed by atoms with Crippen LogP contribution in [0.1, 0.15) is 60.8 Å². The number of amides is 4. The van der Waals surface area contributed by atoms with Crippen LogP contribution in [0.4, 0.5) is 9.59 Å². The summed E-state index contributed by atoms with van der Waals surface area (Å²) in [5, 5.41) is 10.2. The molecule has 0 aliphatic heterocycles. The quantitative estimate of drug-likeness (QED) is 0.398. The first-order valence-electron chi connectivity index (χ1n) is 9.75. The van der Waals surface area contributed by atoms with Crippen LogP contribution >= 0.6 is 0 Å². The number of ether oxygens (including phenoxy) is 2. The fourth-order valence-electron chi connectivity index (χ4n) is 1.94. The molecule has 0 atom stereocenters. The molecule has 0 aromatic rings. The third-order valence-corrected chi connectivity index (χ3v) is 3.08. The van der Waals surface area contributed by atoms with Crippen LogP contribution in [0.15, 0.2) is 0 Å². The molecule has 29 heavy (non-hydrogen) atoms. The second-order valence-electron chi connectivity index (χ2n) is 8.47. The fourth-order valence-corrected chi connectivity index (χ4v) is 1.94. The molecule has 0 bridgehead atoms. The summed E-state index contributed by atoms with van der Waals surface area (Å²) in [7, 11) is 0. The van der Waals surface area contributed by atoms with E-state index in [1.807, 2.05) is 0 Å². The molecule has 0 aromatic carbocycles. The molecule has 0 aliphatic carbocycles. The van der Waals surface area contributed by atoms with E-state index < -0.39 is 23.4 Å². The molecule has 0 radical (unpaired) electrons. The van der Waals surface area contributed by atoms with E-state index in [1.54, 1.807) is 41.5 Å². The second-order valence-corrected chi connectivity index (χ2v) is 8.47. The first-order valence-corrected chi connectivity index (χ1v) is 9.75. The van der Waals surface area contributed by atoms with Crippen molar-refractivity contribution in [2.24, 2.45) is 0 Å². The van der Waals surface area contributed by atoms with E-state index in [9.17, 15) is 19.2 Å². The third kappa shape index (κ3) is 18.6. The smallest absolute Gasteiger partial charge is 0.408 e. The number of carbonyl (C=O) groups is 4. The van der Waals surface area contributed by atoms with Crippen molar-refractivity contribution in [1.82, 2.24) is 21.3 Å². The second kappa shape index (κ2) is 12.8. The van der Waals surface area contributed by atoms with Crippen molar-refractivity contribution in [2.45, 2.75) is 72.0 Å². The zero-order valence-corrected chi connectivity index (χ0v) is 18.4. The Kier molecular flexibility index (Phi) is 11.7. The Hall–Kier alpha value is -2.52. The van der Waals surface area contributed by atoms with E-state index in [0.717, 1.165) is 19.3 Å². The highest BCUT2D eigenvalue weighted by molar-refractivity contribution is 5.82. The maximum Gasteiger partial charge on any atom is 0.408 e. The van der Waals surface area contributed by atoms with Crippen LogP contribution < -0.4 is 21.3 Å². The minimum atomic E-state index is -0.635. The van der Waals surface area contributed by atoms with Crippen LogP contribution in [0, 0.1) is 0 Å². The number of rotatable bonds is 10. The van der Waals surface area contributed by atoms with Crippen molar-refractivity contribution in [3.05, 3.63) is 0 Å². The standard InChI is InChI=1S/C19H36N4O6/c1-18(2,3)28-16(26)22-12-14(24)20-10-8-7-9-11-21-15(25)13-23-17(27)29-19(4,5)6/h7-13H2,1-6H3,(H,20,24)(H,21,25)(H,22,26)(H,23,27). The van der Waals surface area contributed by atoms with Gasteiger partial charge in [0.1, 0.15) is 11.2 Å². The summed E-state index contributed by atoms with van der Waals surface area (Å²) in [6.45, 7) is 11.1. The first-order chi connectivity index (χ1) is 13.3. The molecule has 0 heterocycles. The van der Waals surface area contributed by atoms with Gasteiger partial charge in [0.15, 0.2) is 0 Å². The topological polar surface area (TPSA) is 135 Å². The molecule has 0 fully saturated rings. The highest BCUT2D eigenvalue weighted by atomic mass is 16.6. The molecule has 10 heteroatoms. The molecule has 0 rings (SSSR count). The van der Waals surface area contributed by atoms with Crippen molar-refractivity contribution in [2.75, 3.05) is 26.2 Å². The Morgan fingerprint density at radius 3 is 1.24 bits per heavy atom. The number of hydrogen-bond acceptors (Lipinski definition) is 6. The monoisotopic (exact) mass is 416 g/mol. The number of nitrogens with one attached hydrogen (secondary N) is 4. The van der Waals surface area contributed by atoms with Crippen molar-refractivity contribution < 1.29 is 28.7 Å². The lowest BCUT2D eigenvalue weighted by molar-refractivity contribution is -0.120. The van der Waals surface area contributed by atoms with Gasteiger partial charge in [0.05, 0.1) is 13.1 Å². The van der Waals surface area contributed by atoms with E-state index in [1.165, 1.54) is 0 Å². The van der Waals surface area contributed by atoms with Crippen LogP contribution in [0.25, 0.3) is 0 Å². The summed E-state index contributed by atoms with van der Waals surface area (Å²) in [4.78, 5) is 46.1. The van der Waals surface area contributed by atoms with E-state index in [4.69, 9.17) is 9.47 Å². The Bertz CT molecular complexity index is 504. The van der Waals surface area contributed by atoms with Gasteiger partial charge >= 0.3 is 12.2 Å². The van der Waals surface area contributed by atoms with E-state index >= 15 is 0 Å². The van der Waals surface area contributed by atoms with Gasteiger partial charge in [-0.05, 0) is 60.8 Å². The Morgan fingerprint density at radius 2 is 0.931 bits per heavy atom. The molecule has 0 spiro atoms. The molecular formula is C19H36N4O6. The molecule has 4 amide bonds. The van der Waals surface area contributed by atoms with Gasteiger partial charge < -0.3 is 30.7 Å². The minimum absolute atomic E-state index is 0.143. The van der Waals surface area contributed by atoms with Crippen LogP contribution in [0.3, 0.4) is 0 Å². The summed E-state index contributed by atoms with van der Waals surface area (Å²) in [5.41, 5.74) is -1.22. The van der Waals surface area contributed by atoms with Crippen LogP contribution in [-0.4, -0.2) is 61.4 Å². The van der Waals surface area contributed by atoms with Gasteiger partial charge in [-0.1, -0.05) is 0 Å². The van der Waals surface area contributed by atoms with Crippen LogP contribution in [0.5, 0.6) is 0 Å². The molecule has 0 aromatic heterocycles. The van der Waals surface area contributed by atoms with Gasteiger partial charge in [0.2, 0.25) is 11.8 Å². The maximum absolute atomic E-state index is 11.6. The molecule has 4 N–H and O–H groups in total. The summed E-state index contributed by atoms with van der Waals surface area (Å²) in [5.74, 6) is -0.588. The van der Waals surface area contributed by atoms with Crippen LogP contribution in [0.2, 0.25) is 0 Å². The predicted octanol–water partition coefficient (Wildman–Crippen LogP) is 1.44. The molecule has 0 unspecified atom stereocenters. The first kappa shape index (κ1) is 26.5. The predicted molar refractivity (Wildman–Crippen MR) is 108 cm³/mol. The van der Waals surface area contributed by atoms with E-state index in [-0.39, 0.29) is 24.9 Å². The van der Waals surface area contributed by atoms with Gasteiger partial charge in [0, 0.05) is 13.1 Å². The average Bonchev–Trinajstić information content (AvgIpc) is 2.54. The highest BCUT2D eigenvalue weighted by Gasteiger charge is 2.17.